The SMILES string of the molecule is Cc1ccc2cccc(OCCNC(=O)[C@H]3CSC(C)(C)C(=O)N3)c2n1. The Morgan fingerprint density at radius 3 is 2.96 bits per heavy atom. The third-order valence-electron chi connectivity index (χ3n) is 4.26. The van der Waals surface area contributed by atoms with Gasteiger partial charge in [-0.3, -0.25) is 9.59 Å². The van der Waals surface area contributed by atoms with Gasteiger partial charge in [0.2, 0.25) is 11.8 Å². The molecule has 0 spiro atoms. The zero-order valence-electron chi connectivity index (χ0n) is 15.2. The lowest BCUT2D eigenvalue weighted by Gasteiger charge is -2.32. The predicted octanol–water partition coefficient (Wildman–Crippen LogP) is 2.05. The van der Waals surface area contributed by atoms with Crippen LogP contribution < -0.4 is 15.4 Å². The first kappa shape index (κ1) is 18.5. The molecule has 1 aromatic heterocycles. The van der Waals surface area contributed by atoms with Gasteiger partial charge in [-0.1, -0.05) is 18.2 Å². The van der Waals surface area contributed by atoms with Crippen molar-refractivity contribution in [2.45, 2.75) is 31.6 Å². The summed E-state index contributed by atoms with van der Waals surface area (Å²) in [6.07, 6.45) is 0. The quantitative estimate of drug-likeness (QED) is 0.784. The number of thioether (sulfide) groups is 1. The van der Waals surface area contributed by atoms with Crippen molar-refractivity contribution in [3.05, 3.63) is 36.0 Å². The van der Waals surface area contributed by atoms with Crippen molar-refractivity contribution in [1.29, 1.82) is 0 Å². The molecule has 0 radical (unpaired) electrons. The lowest BCUT2D eigenvalue weighted by atomic mass is 10.1. The van der Waals surface area contributed by atoms with Crippen LogP contribution in [0, 0.1) is 6.92 Å². The number of para-hydroxylation sites is 1. The molecule has 2 aromatic rings. The molecule has 1 saturated heterocycles. The van der Waals surface area contributed by atoms with Crippen molar-refractivity contribution in [3.8, 4) is 5.75 Å². The largest absolute Gasteiger partial charge is 0.489 e. The van der Waals surface area contributed by atoms with Crippen LogP contribution in [0.4, 0.5) is 0 Å². The van der Waals surface area contributed by atoms with E-state index in [4.69, 9.17) is 4.74 Å². The van der Waals surface area contributed by atoms with E-state index in [9.17, 15) is 9.59 Å². The van der Waals surface area contributed by atoms with E-state index in [-0.39, 0.29) is 11.8 Å². The number of aryl methyl sites for hydroxylation is 1. The molecule has 26 heavy (non-hydrogen) atoms. The van der Waals surface area contributed by atoms with Gasteiger partial charge < -0.3 is 15.4 Å². The molecule has 2 heterocycles. The van der Waals surface area contributed by atoms with Crippen molar-refractivity contribution >= 4 is 34.5 Å². The van der Waals surface area contributed by atoms with Crippen molar-refractivity contribution in [2.24, 2.45) is 0 Å². The first-order chi connectivity index (χ1) is 12.4. The maximum atomic E-state index is 12.2. The lowest BCUT2D eigenvalue weighted by Crippen LogP contribution is -2.57. The number of amides is 2. The molecule has 0 aliphatic carbocycles. The van der Waals surface area contributed by atoms with Crippen LogP contribution in [0.25, 0.3) is 10.9 Å². The van der Waals surface area contributed by atoms with Crippen molar-refractivity contribution in [2.75, 3.05) is 18.9 Å². The standard InChI is InChI=1S/C19H23N3O3S/c1-12-7-8-13-5-4-6-15(16(13)21-12)25-10-9-20-17(23)14-11-26-19(2,3)18(24)22-14/h4-8,14H,9-11H2,1-3H3,(H,20,23)(H,22,24)/t14-/m1/s1. The Hall–Kier alpha value is -2.28. The van der Waals surface area contributed by atoms with Crippen molar-refractivity contribution < 1.29 is 14.3 Å². The number of hydrogen-bond acceptors (Lipinski definition) is 5. The fourth-order valence-electron chi connectivity index (χ4n) is 2.66. The van der Waals surface area contributed by atoms with E-state index in [1.54, 1.807) is 0 Å². The highest BCUT2D eigenvalue weighted by molar-refractivity contribution is 8.01. The fraction of sp³-hybridized carbons (Fsp3) is 0.421. The minimum absolute atomic E-state index is 0.109. The normalized spacial score (nSPS) is 19.0. The van der Waals surface area contributed by atoms with E-state index >= 15 is 0 Å². The summed E-state index contributed by atoms with van der Waals surface area (Å²) in [7, 11) is 0. The van der Waals surface area contributed by atoms with E-state index in [1.165, 1.54) is 11.8 Å². The van der Waals surface area contributed by atoms with Gasteiger partial charge in [-0.15, -0.1) is 11.8 Å². The molecular formula is C19H23N3O3S. The van der Waals surface area contributed by atoms with Crippen LogP contribution >= 0.6 is 11.8 Å². The van der Waals surface area contributed by atoms with Gasteiger partial charge in [-0.05, 0) is 32.9 Å². The maximum absolute atomic E-state index is 12.2. The van der Waals surface area contributed by atoms with Crippen molar-refractivity contribution in [1.82, 2.24) is 15.6 Å². The average Bonchev–Trinajstić information content (AvgIpc) is 2.61. The average molecular weight is 373 g/mol. The molecular weight excluding hydrogens is 350 g/mol. The Balaban J connectivity index is 1.51. The Bertz CT molecular complexity index is 838. The second-order valence-corrected chi connectivity index (χ2v) is 8.41. The second-order valence-electron chi connectivity index (χ2n) is 6.77. The summed E-state index contributed by atoms with van der Waals surface area (Å²) in [4.78, 5) is 28.7. The minimum Gasteiger partial charge on any atom is -0.489 e. The lowest BCUT2D eigenvalue weighted by molar-refractivity contribution is -0.129. The molecule has 1 fully saturated rings. The summed E-state index contributed by atoms with van der Waals surface area (Å²) in [5, 5.41) is 6.61. The summed E-state index contributed by atoms with van der Waals surface area (Å²) >= 11 is 1.49. The maximum Gasteiger partial charge on any atom is 0.243 e. The van der Waals surface area contributed by atoms with Gasteiger partial charge in [-0.25, -0.2) is 4.98 Å². The predicted molar refractivity (Wildman–Crippen MR) is 103 cm³/mol. The van der Waals surface area contributed by atoms with Crippen LogP contribution in [0.1, 0.15) is 19.5 Å². The summed E-state index contributed by atoms with van der Waals surface area (Å²) in [5.74, 6) is 0.973. The third kappa shape index (κ3) is 4.09. The van der Waals surface area contributed by atoms with Crippen molar-refractivity contribution in [3.63, 3.8) is 0 Å². The van der Waals surface area contributed by atoms with Crippen LogP contribution in [-0.4, -0.2) is 46.5 Å². The highest BCUT2D eigenvalue weighted by Crippen LogP contribution is 2.29. The van der Waals surface area contributed by atoms with Gasteiger partial charge in [0.15, 0.2) is 0 Å². The molecule has 1 atom stereocenters. The summed E-state index contributed by atoms with van der Waals surface area (Å²) in [6, 6.07) is 9.26. The van der Waals surface area contributed by atoms with Crippen LogP contribution in [0.2, 0.25) is 0 Å². The molecule has 7 heteroatoms. The number of pyridine rings is 1. The smallest absolute Gasteiger partial charge is 0.243 e. The number of carbonyl (C=O) groups is 2. The summed E-state index contributed by atoms with van der Waals surface area (Å²) < 4.78 is 5.31. The second kappa shape index (κ2) is 7.53. The Morgan fingerprint density at radius 1 is 1.38 bits per heavy atom. The molecule has 0 bridgehead atoms. The van der Waals surface area contributed by atoms with Crippen LogP contribution in [0.5, 0.6) is 5.75 Å². The topological polar surface area (TPSA) is 80.3 Å². The van der Waals surface area contributed by atoms with Crippen LogP contribution in [-0.2, 0) is 9.59 Å². The Morgan fingerprint density at radius 2 is 2.19 bits per heavy atom. The van der Waals surface area contributed by atoms with E-state index in [2.05, 4.69) is 15.6 Å². The first-order valence-corrected chi connectivity index (χ1v) is 9.57. The van der Waals surface area contributed by atoms with Gasteiger partial charge >= 0.3 is 0 Å². The Kier molecular flexibility index (Phi) is 5.36. The molecule has 3 rings (SSSR count). The van der Waals surface area contributed by atoms with Crippen LogP contribution in [0.15, 0.2) is 30.3 Å². The molecule has 2 N–H and O–H groups in total. The van der Waals surface area contributed by atoms with Gasteiger partial charge in [0, 0.05) is 16.8 Å². The number of hydrogen-bond donors (Lipinski definition) is 2. The molecule has 1 aliphatic rings. The number of rotatable bonds is 5. The minimum atomic E-state index is -0.498. The fourth-order valence-corrected chi connectivity index (χ4v) is 3.67. The van der Waals surface area contributed by atoms with Gasteiger partial charge in [0.1, 0.15) is 23.9 Å². The number of ether oxygens (including phenoxy) is 1. The highest BCUT2D eigenvalue weighted by atomic mass is 32.2. The number of aromatic nitrogens is 1. The number of fused-ring (bicyclic) bond motifs is 1. The highest BCUT2D eigenvalue weighted by Gasteiger charge is 2.37. The molecule has 138 valence electrons. The van der Waals surface area contributed by atoms with E-state index in [1.807, 2.05) is 51.1 Å². The van der Waals surface area contributed by atoms with E-state index in [0.717, 1.165) is 16.6 Å². The summed E-state index contributed by atoms with van der Waals surface area (Å²) in [5.41, 5.74) is 1.74. The third-order valence-corrected chi connectivity index (χ3v) is 5.67. The summed E-state index contributed by atoms with van der Waals surface area (Å²) in [6.45, 7) is 6.35. The zero-order valence-corrected chi connectivity index (χ0v) is 16.0. The first-order valence-electron chi connectivity index (χ1n) is 8.58. The molecule has 2 amide bonds. The molecule has 6 nitrogen and oxygen atoms in total. The van der Waals surface area contributed by atoms with Crippen LogP contribution in [0.3, 0.4) is 0 Å². The zero-order chi connectivity index (χ0) is 18.7. The molecule has 1 aliphatic heterocycles. The molecule has 1 aromatic carbocycles. The number of nitrogens with one attached hydrogen (secondary N) is 2. The number of benzene rings is 1. The monoisotopic (exact) mass is 373 g/mol. The number of carbonyl (C=O) groups excluding carboxylic acids is 2. The van der Waals surface area contributed by atoms with E-state index in [0.29, 0.717) is 24.7 Å². The molecule has 0 saturated carbocycles. The van der Waals surface area contributed by atoms with E-state index < -0.39 is 10.8 Å². The van der Waals surface area contributed by atoms with Gasteiger partial charge in [-0.2, -0.15) is 0 Å². The number of nitrogens with zero attached hydrogens (tertiary/aromatic N) is 1. The van der Waals surface area contributed by atoms with Gasteiger partial charge in [0.05, 0.1) is 11.3 Å². The van der Waals surface area contributed by atoms with Gasteiger partial charge in [0.25, 0.3) is 0 Å². The Labute approximate surface area is 157 Å². The molecule has 0 unspecified atom stereocenters.